The van der Waals surface area contributed by atoms with Crippen LogP contribution in [0.25, 0.3) is 4.91 Å². The number of allylic oxidation sites excluding steroid dienone is 2. The van der Waals surface area contributed by atoms with Gasteiger partial charge in [-0.3, -0.25) is 14.4 Å². The Morgan fingerprint density at radius 2 is 1.93 bits per heavy atom. The van der Waals surface area contributed by atoms with Crippen LogP contribution in [0.3, 0.4) is 0 Å². The Morgan fingerprint density at radius 3 is 2.57 bits per heavy atom. The average molecular weight is 428 g/mol. The van der Waals surface area contributed by atoms with Crippen LogP contribution in [-0.2, 0) is 20.8 Å². The fraction of sp³-hybridized carbons (Fsp3) is 0.333. The number of ketones is 2. The molecule has 156 valence electrons. The molecule has 0 spiro atoms. The molecule has 3 aliphatic rings. The highest BCUT2D eigenvalue weighted by Gasteiger charge is 2.50. The molecule has 0 aliphatic heterocycles. The Labute approximate surface area is 177 Å². The molecule has 1 amide bonds. The smallest absolute Gasteiger partial charge is 0.255 e. The fourth-order valence-electron chi connectivity index (χ4n) is 5.03. The number of aliphatic hydroxyl groups excluding tert-OH is 1. The van der Waals surface area contributed by atoms with Crippen molar-refractivity contribution in [3.05, 3.63) is 45.7 Å². The summed E-state index contributed by atoms with van der Waals surface area (Å²) in [6.07, 6.45) is 0.740. The van der Waals surface area contributed by atoms with Gasteiger partial charge in [-0.05, 0) is 49.3 Å². The summed E-state index contributed by atoms with van der Waals surface area (Å²) in [5.41, 5.74) is 7.14. The molecule has 8 nitrogen and oxygen atoms in total. The molecule has 4 rings (SSSR count). The molecule has 0 heterocycles. The van der Waals surface area contributed by atoms with Crippen LogP contribution >= 0.6 is 12.6 Å². The monoisotopic (exact) mass is 428 g/mol. The lowest BCUT2D eigenvalue weighted by Crippen LogP contribution is -2.44. The van der Waals surface area contributed by atoms with E-state index in [0.29, 0.717) is 40.8 Å². The van der Waals surface area contributed by atoms with Crippen molar-refractivity contribution >= 4 is 40.7 Å². The number of hydrogen-bond donors (Lipinski definition) is 5. The van der Waals surface area contributed by atoms with Crippen LogP contribution < -0.4 is 5.73 Å². The number of fused-ring (bicyclic) bond motifs is 3. The van der Waals surface area contributed by atoms with Crippen molar-refractivity contribution in [1.29, 1.82) is 0 Å². The van der Waals surface area contributed by atoms with Gasteiger partial charge in [0.2, 0.25) is 0 Å². The molecule has 30 heavy (non-hydrogen) atoms. The van der Waals surface area contributed by atoms with Crippen molar-refractivity contribution in [2.45, 2.75) is 26.2 Å². The van der Waals surface area contributed by atoms with E-state index in [0.717, 1.165) is 0 Å². The molecule has 3 aliphatic carbocycles. The summed E-state index contributed by atoms with van der Waals surface area (Å²) in [5, 5.41) is 33.5. The van der Waals surface area contributed by atoms with Crippen molar-refractivity contribution < 1.29 is 29.8 Å². The fourth-order valence-corrected chi connectivity index (χ4v) is 5.58. The molecule has 0 radical (unpaired) electrons. The molecule has 0 aromatic heterocycles. The zero-order chi connectivity index (χ0) is 21.9. The number of nitrogens with two attached hydrogens (primary N) is 1. The van der Waals surface area contributed by atoms with Crippen LogP contribution in [0.15, 0.2) is 34.2 Å². The molecule has 1 saturated carbocycles. The highest BCUT2D eigenvalue weighted by Crippen LogP contribution is 2.52. The summed E-state index contributed by atoms with van der Waals surface area (Å²) < 4.78 is 0. The number of benzene rings is 1. The first kappa shape index (κ1) is 20.2. The molecular formula is C21H20N2O6S. The summed E-state index contributed by atoms with van der Waals surface area (Å²) in [7, 11) is 0. The van der Waals surface area contributed by atoms with E-state index in [-0.39, 0.29) is 23.0 Å². The van der Waals surface area contributed by atoms with Gasteiger partial charge < -0.3 is 21.2 Å². The van der Waals surface area contributed by atoms with E-state index in [1.165, 1.54) is 6.07 Å². The Kier molecular flexibility index (Phi) is 4.73. The molecular weight excluding hydrogens is 408 g/mol. The summed E-state index contributed by atoms with van der Waals surface area (Å²) in [4.78, 5) is 37.6. The summed E-state index contributed by atoms with van der Waals surface area (Å²) in [5.74, 6) is -4.47. The number of carbonyl (C=O) groups excluding carboxylic acids is 3. The SMILES string of the molecule is C/C(=N\O)c1ccc(O)c2c1C[C@H]1C[C@H]3CC(=O)C(C(N)=O)=C(O)C3C(=O)C1=C2S. The topological polar surface area (TPSA) is 150 Å². The first-order valence-electron chi connectivity index (χ1n) is 9.45. The van der Waals surface area contributed by atoms with Gasteiger partial charge in [0.25, 0.3) is 5.91 Å². The number of aromatic hydroxyl groups is 1. The molecule has 0 saturated heterocycles. The largest absolute Gasteiger partial charge is 0.511 e. The lowest BCUT2D eigenvalue weighted by Gasteiger charge is -2.41. The Morgan fingerprint density at radius 1 is 1.23 bits per heavy atom. The Bertz CT molecular complexity index is 1120. The number of hydrogen-bond acceptors (Lipinski definition) is 8. The quantitative estimate of drug-likeness (QED) is 0.160. The minimum absolute atomic E-state index is 0.0543. The lowest BCUT2D eigenvalue weighted by molar-refractivity contribution is -0.127. The second kappa shape index (κ2) is 7.02. The van der Waals surface area contributed by atoms with Crippen molar-refractivity contribution in [2.24, 2.45) is 28.6 Å². The number of oxime groups is 1. The standard InChI is InChI=1S/C21H20N2O6S/c1-7(23-29)10-2-3-12(24)16-11(10)5-8-4-9-6-13(25)17(21(22)28)19(27)14(9)18(26)15(8)20(16)30/h2-3,8-9,14,24,27,29-30H,4-6H2,1H3,(H2,22,28)/b23-7+/t8-,9+,14?/m1/s1. The van der Waals surface area contributed by atoms with Gasteiger partial charge in [-0.1, -0.05) is 5.16 Å². The second-order valence-corrected chi connectivity index (χ2v) is 8.37. The van der Waals surface area contributed by atoms with E-state index < -0.39 is 40.6 Å². The highest BCUT2D eigenvalue weighted by molar-refractivity contribution is 7.90. The maximum atomic E-state index is 13.4. The first-order valence-corrected chi connectivity index (χ1v) is 9.89. The van der Waals surface area contributed by atoms with Gasteiger partial charge in [0.1, 0.15) is 17.1 Å². The van der Waals surface area contributed by atoms with Crippen molar-refractivity contribution in [2.75, 3.05) is 0 Å². The number of phenols is 1. The Hall–Kier alpha value is -3.07. The number of amides is 1. The molecule has 1 aromatic rings. The predicted molar refractivity (Wildman–Crippen MR) is 110 cm³/mol. The van der Waals surface area contributed by atoms with Crippen molar-refractivity contribution in [1.82, 2.24) is 0 Å². The number of aliphatic hydroxyl groups is 1. The lowest BCUT2D eigenvalue weighted by atomic mass is 9.61. The third-order valence-electron chi connectivity index (χ3n) is 6.31. The summed E-state index contributed by atoms with van der Waals surface area (Å²) in [6, 6.07) is 3.08. The van der Waals surface area contributed by atoms with Crippen LogP contribution in [0.5, 0.6) is 5.75 Å². The number of carbonyl (C=O) groups is 3. The average Bonchev–Trinajstić information content (AvgIpc) is 2.66. The van der Waals surface area contributed by atoms with E-state index in [2.05, 4.69) is 17.8 Å². The van der Waals surface area contributed by atoms with Crippen LogP contribution in [0.1, 0.15) is 36.5 Å². The first-order chi connectivity index (χ1) is 14.2. The maximum absolute atomic E-state index is 13.4. The van der Waals surface area contributed by atoms with E-state index in [4.69, 9.17) is 5.73 Å². The number of nitrogens with zero attached hydrogens (tertiary/aromatic N) is 1. The number of primary amides is 1. The third kappa shape index (κ3) is 2.76. The minimum atomic E-state index is -1.05. The molecule has 1 aromatic carbocycles. The van der Waals surface area contributed by atoms with Crippen LogP contribution in [0.2, 0.25) is 0 Å². The number of Topliss-reactive ketones (excluding diaryl/α,β-unsaturated/α-hetero) is 2. The van der Waals surface area contributed by atoms with Crippen LogP contribution in [-0.4, -0.2) is 38.6 Å². The van der Waals surface area contributed by atoms with Crippen molar-refractivity contribution in [3.8, 4) is 5.75 Å². The molecule has 1 fully saturated rings. The van der Waals surface area contributed by atoms with Gasteiger partial charge in [-0.15, -0.1) is 12.6 Å². The maximum Gasteiger partial charge on any atom is 0.255 e. The molecule has 5 N–H and O–H groups in total. The van der Waals surface area contributed by atoms with E-state index in [9.17, 15) is 29.8 Å². The molecule has 0 bridgehead atoms. The van der Waals surface area contributed by atoms with Gasteiger partial charge in [0.15, 0.2) is 11.6 Å². The van der Waals surface area contributed by atoms with Crippen molar-refractivity contribution in [3.63, 3.8) is 0 Å². The van der Waals surface area contributed by atoms with Gasteiger partial charge in [0.05, 0.1) is 11.6 Å². The van der Waals surface area contributed by atoms with Crippen LogP contribution in [0.4, 0.5) is 0 Å². The van der Waals surface area contributed by atoms with E-state index >= 15 is 0 Å². The number of thiol groups is 1. The second-order valence-electron chi connectivity index (χ2n) is 7.92. The number of phenolic OH excluding ortho intramolecular Hbond substituents is 1. The predicted octanol–water partition coefficient (Wildman–Crippen LogP) is 1.88. The Balaban J connectivity index is 1.90. The zero-order valence-electron chi connectivity index (χ0n) is 16.0. The van der Waals surface area contributed by atoms with Crippen LogP contribution in [0, 0.1) is 17.8 Å². The zero-order valence-corrected chi connectivity index (χ0v) is 16.9. The van der Waals surface area contributed by atoms with Gasteiger partial charge in [-0.2, -0.15) is 0 Å². The molecule has 9 heteroatoms. The van der Waals surface area contributed by atoms with Gasteiger partial charge in [-0.25, -0.2) is 0 Å². The van der Waals surface area contributed by atoms with Gasteiger partial charge in [0, 0.05) is 28.0 Å². The van der Waals surface area contributed by atoms with E-state index in [1.54, 1.807) is 13.0 Å². The summed E-state index contributed by atoms with van der Waals surface area (Å²) in [6.45, 7) is 1.63. The highest BCUT2D eigenvalue weighted by atomic mass is 32.1. The normalized spacial score (nSPS) is 26.3. The van der Waals surface area contributed by atoms with E-state index in [1.807, 2.05) is 0 Å². The number of rotatable bonds is 2. The minimum Gasteiger partial charge on any atom is -0.511 e. The molecule has 1 unspecified atom stereocenters. The summed E-state index contributed by atoms with van der Waals surface area (Å²) >= 11 is 4.54. The molecule has 3 atom stereocenters. The van der Waals surface area contributed by atoms with Gasteiger partial charge >= 0.3 is 0 Å². The third-order valence-corrected chi connectivity index (χ3v) is 6.78.